The van der Waals surface area contributed by atoms with Crippen molar-refractivity contribution < 1.29 is 48.0 Å². The maximum absolute atomic E-state index is 16.7. The average molecular weight is 1180 g/mol. The Hall–Kier alpha value is -3.30. The van der Waals surface area contributed by atoms with Gasteiger partial charge in [0.1, 0.15) is 30.5 Å². The van der Waals surface area contributed by atoms with E-state index in [0.717, 1.165) is 321 Å². The van der Waals surface area contributed by atoms with E-state index in [1.807, 2.05) is 0 Å². The minimum absolute atomic E-state index is 0.135. The summed E-state index contributed by atoms with van der Waals surface area (Å²) in [5.41, 5.74) is -1.21. The van der Waals surface area contributed by atoms with Crippen molar-refractivity contribution in [2.45, 2.75) is 352 Å². The van der Waals surface area contributed by atoms with Crippen LogP contribution in [0.3, 0.4) is 0 Å². The Labute approximate surface area is 514 Å². The van der Waals surface area contributed by atoms with Crippen LogP contribution in [0.5, 0.6) is 0 Å². The van der Waals surface area contributed by atoms with Gasteiger partial charge in [-0.3, -0.25) is 0 Å². The molecule has 0 unspecified atom stereocenters. The van der Waals surface area contributed by atoms with Crippen LogP contribution in [-0.2, 0) is 42.9 Å². The molecule has 10 heteroatoms. The van der Waals surface area contributed by atoms with Crippen molar-refractivity contribution in [1.29, 1.82) is 0 Å². The van der Waals surface area contributed by atoms with Crippen LogP contribution in [0.4, 0.5) is 0 Å². The molecule has 0 spiro atoms. The molecule has 0 heterocycles. The smallest absolute Gasteiger partial charge is 0.340 e. The first-order chi connectivity index (χ1) is 41.8. The number of rotatable bonds is 20. The van der Waals surface area contributed by atoms with E-state index in [0.29, 0.717) is 0 Å². The molecule has 0 bridgehead atoms. The SMILES string of the molecule is O=C(OC(C1CCCCC1)C1CCCCC1)C1=C(C(=O)OC(C2CCCCC2)C2CCCCC2)C(C(=O)OC(C2CCCCC2)C2CCCCC2)=C(C(=O)OC(C2CCCCC2)C2CCCCC2)C1=C(O)OC(C1CCCCC1)C1CCCCC1. The maximum Gasteiger partial charge on any atom is 0.340 e. The topological polar surface area (TPSA) is 135 Å². The molecule has 476 valence electrons. The zero-order valence-corrected chi connectivity index (χ0v) is 53.1. The summed E-state index contributed by atoms with van der Waals surface area (Å²) in [4.78, 5) is 66.8. The molecule has 10 fully saturated rings. The van der Waals surface area contributed by atoms with Crippen molar-refractivity contribution in [3.05, 3.63) is 33.8 Å². The highest BCUT2D eigenvalue weighted by molar-refractivity contribution is 6.23. The van der Waals surface area contributed by atoms with E-state index in [1.54, 1.807) is 0 Å². The van der Waals surface area contributed by atoms with Crippen LogP contribution in [0.1, 0.15) is 321 Å². The van der Waals surface area contributed by atoms with Crippen molar-refractivity contribution in [3.63, 3.8) is 0 Å². The highest BCUT2D eigenvalue weighted by Crippen LogP contribution is 2.50. The molecule has 0 aromatic carbocycles. The molecule has 10 saturated carbocycles. The van der Waals surface area contributed by atoms with Crippen molar-refractivity contribution >= 4 is 23.9 Å². The predicted molar refractivity (Wildman–Crippen MR) is 334 cm³/mol. The fourth-order valence-electron chi connectivity index (χ4n) is 20.1. The minimum Gasteiger partial charge on any atom is -0.481 e. The van der Waals surface area contributed by atoms with Gasteiger partial charge in [-0.2, -0.15) is 0 Å². The summed E-state index contributed by atoms with van der Waals surface area (Å²) in [5, 5.41) is 13.7. The van der Waals surface area contributed by atoms with Crippen LogP contribution in [-0.4, -0.2) is 59.5 Å². The molecule has 1 N–H and O–H groups in total. The molecule has 0 atom stereocenters. The number of ether oxygens (including phenoxy) is 5. The lowest BCUT2D eigenvalue weighted by molar-refractivity contribution is -0.157. The molecule has 10 nitrogen and oxygen atoms in total. The van der Waals surface area contributed by atoms with Gasteiger partial charge in [0, 0.05) is 0 Å². The number of hydrogen-bond donors (Lipinski definition) is 1. The van der Waals surface area contributed by atoms with Gasteiger partial charge in [-0.1, -0.05) is 193 Å². The van der Waals surface area contributed by atoms with Crippen molar-refractivity contribution in [3.8, 4) is 0 Å². The Morgan fingerprint density at radius 3 is 0.529 bits per heavy atom. The van der Waals surface area contributed by atoms with E-state index < -0.39 is 54.2 Å². The van der Waals surface area contributed by atoms with E-state index in [4.69, 9.17) is 23.7 Å². The summed E-state index contributed by atoms with van der Waals surface area (Å²) in [6.45, 7) is 0. The van der Waals surface area contributed by atoms with Gasteiger partial charge < -0.3 is 28.8 Å². The molecule has 0 saturated heterocycles. The summed E-state index contributed by atoms with van der Waals surface area (Å²) in [6.07, 6.45) is 50.0. The highest BCUT2D eigenvalue weighted by Gasteiger charge is 2.52. The molecule has 11 rings (SSSR count). The van der Waals surface area contributed by atoms with Gasteiger partial charge in [0.05, 0.1) is 27.9 Å². The van der Waals surface area contributed by atoms with Gasteiger partial charge in [-0.15, -0.1) is 0 Å². The largest absolute Gasteiger partial charge is 0.481 e. The van der Waals surface area contributed by atoms with E-state index in [9.17, 15) is 5.11 Å². The third-order valence-electron chi connectivity index (χ3n) is 24.6. The van der Waals surface area contributed by atoms with Gasteiger partial charge in [-0.25, -0.2) is 19.2 Å². The molecule has 0 aromatic rings. The lowest BCUT2D eigenvalue weighted by Gasteiger charge is -2.38. The molecular weight excluding hydrogens is 1060 g/mol. The summed E-state index contributed by atoms with van der Waals surface area (Å²) >= 11 is 0. The molecular formula is C75H116O10. The normalized spacial score (nSPS) is 25.8. The van der Waals surface area contributed by atoms with E-state index >= 15 is 19.2 Å². The summed E-state index contributed by atoms with van der Waals surface area (Å²) in [5.74, 6) is -2.22. The monoisotopic (exact) mass is 1180 g/mol. The standard InChI is InChI=1S/C75H116O10/c76-71(81-66(51-31-11-1-12-32-51)52-33-13-2-14-34-52)61-62(72(77)82-67(53-35-15-3-16-36-53)54-37-17-4-18-38-54)64(74(79)84-69(57-43-23-7-24-44-57)58-45-25-8-26-46-58)65(75(80)85-70(59-47-27-9-28-48-59)60-49-29-10-30-50-60)63(61)73(78)83-68(55-39-19-5-20-40-55)56-41-21-6-22-42-56/h51-60,66-70,76H,1-50H2. The minimum atomic E-state index is -0.779. The van der Waals surface area contributed by atoms with Gasteiger partial charge >= 0.3 is 23.9 Å². The van der Waals surface area contributed by atoms with Crippen LogP contribution in [0.2, 0.25) is 0 Å². The second kappa shape index (κ2) is 31.9. The molecule has 11 aliphatic rings. The first kappa shape index (κ1) is 63.3. The number of aliphatic hydroxyl groups excluding tert-OH is 1. The molecule has 0 aliphatic heterocycles. The van der Waals surface area contributed by atoms with E-state index in [1.165, 1.54) is 0 Å². The zero-order valence-electron chi connectivity index (χ0n) is 53.1. The second-order valence-corrected chi connectivity index (χ2v) is 30.2. The van der Waals surface area contributed by atoms with Crippen LogP contribution in [0, 0.1) is 59.2 Å². The van der Waals surface area contributed by atoms with E-state index in [2.05, 4.69) is 0 Å². The number of hydrogen-bond acceptors (Lipinski definition) is 10. The lowest BCUT2D eigenvalue weighted by atomic mass is 9.75. The Balaban J connectivity index is 1.12. The zero-order chi connectivity index (χ0) is 58.3. The quantitative estimate of drug-likeness (QED) is 0.0713. The van der Waals surface area contributed by atoms with Gasteiger partial charge in [0.25, 0.3) is 5.95 Å². The third kappa shape index (κ3) is 16.0. The van der Waals surface area contributed by atoms with Gasteiger partial charge in [-0.05, 0) is 188 Å². The summed E-state index contributed by atoms with van der Waals surface area (Å²) in [6, 6.07) is 0. The highest BCUT2D eigenvalue weighted by atomic mass is 16.6. The fraction of sp³-hybridized carbons (Fsp3) is 0.867. The van der Waals surface area contributed by atoms with Gasteiger partial charge in [0.15, 0.2) is 0 Å². The number of carbonyl (C=O) groups is 4. The van der Waals surface area contributed by atoms with Gasteiger partial charge in [0.2, 0.25) is 0 Å². The van der Waals surface area contributed by atoms with Crippen molar-refractivity contribution in [1.82, 2.24) is 0 Å². The predicted octanol–water partition coefficient (Wildman–Crippen LogP) is 19.2. The number of carbonyl (C=O) groups excluding carboxylic acids is 4. The summed E-state index contributed by atoms with van der Waals surface area (Å²) < 4.78 is 36.1. The lowest BCUT2D eigenvalue weighted by Crippen LogP contribution is -2.39. The molecule has 0 aromatic heterocycles. The third-order valence-corrected chi connectivity index (χ3v) is 24.6. The van der Waals surface area contributed by atoms with Crippen LogP contribution in [0.15, 0.2) is 33.8 Å². The number of aliphatic hydroxyl groups is 1. The Morgan fingerprint density at radius 1 is 0.224 bits per heavy atom. The molecule has 11 aliphatic carbocycles. The fourth-order valence-corrected chi connectivity index (χ4v) is 20.1. The number of esters is 4. The second-order valence-electron chi connectivity index (χ2n) is 30.2. The Morgan fingerprint density at radius 2 is 0.365 bits per heavy atom. The molecule has 85 heavy (non-hydrogen) atoms. The average Bonchev–Trinajstić information content (AvgIpc) is 2.57. The van der Waals surface area contributed by atoms with E-state index in [-0.39, 0.29) is 93.1 Å². The first-order valence-electron chi connectivity index (χ1n) is 37.2. The first-order valence-corrected chi connectivity index (χ1v) is 37.2. The van der Waals surface area contributed by atoms with Crippen LogP contribution < -0.4 is 0 Å². The van der Waals surface area contributed by atoms with Crippen molar-refractivity contribution in [2.75, 3.05) is 0 Å². The van der Waals surface area contributed by atoms with Crippen LogP contribution >= 0.6 is 0 Å². The van der Waals surface area contributed by atoms with Crippen molar-refractivity contribution in [2.24, 2.45) is 59.2 Å². The molecule has 0 radical (unpaired) electrons. The Bertz CT molecular complexity index is 2010. The molecule has 0 amide bonds. The Kier molecular flexibility index (Phi) is 23.8. The van der Waals surface area contributed by atoms with Crippen LogP contribution in [0.25, 0.3) is 0 Å². The summed E-state index contributed by atoms with van der Waals surface area (Å²) in [7, 11) is 0. The maximum atomic E-state index is 16.7.